The molecule has 0 aliphatic heterocycles. The molecule has 3 heteroatoms. The average molecular weight is 282 g/mol. The van der Waals surface area contributed by atoms with Gasteiger partial charge in [-0.05, 0) is 49.3 Å². The smallest absolute Gasteiger partial charge is 0.106 e. The maximum absolute atomic E-state index is 10.7. The van der Waals surface area contributed by atoms with Gasteiger partial charge >= 0.3 is 0 Å². The topological polar surface area (TPSA) is 46.0 Å². The molecule has 3 nitrogen and oxygen atoms in total. The second kappa shape index (κ2) is 5.94. The average Bonchev–Trinajstić information content (AvgIpc) is 2.45. The van der Waals surface area contributed by atoms with Gasteiger partial charge in [0.15, 0.2) is 0 Å². The molecule has 1 aromatic carbocycles. The van der Waals surface area contributed by atoms with Crippen molar-refractivity contribution in [1.29, 1.82) is 0 Å². The van der Waals surface area contributed by atoms with E-state index in [1.165, 1.54) is 24.8 Å². The molecule has 1 unspecified atom stereocenters. The van der Waals surface area contributed by atoms with Crippen LogP contribution in [0.5, 0.6) is 0 Å². The highest BCUT2D eigenvalue weighted by Gasteiger charge is 2.20. The fourth-order valence-corrected chi connectivity index (χ4v) is 2.92. The van der Waals surface area contributed by atoms with E-state index in [1.807, 2.05) is 32.0 Å². The maximum atomic E-state index is 10.7. The molecule has 1 fully saturated rings. The Balaban J connectivity index is 1.87. The van der Waals surface area contributed by atoms with Crippen LogP contribution in [0.4, 0.5) is 0 Å². The van der Waals surface area contributed by atoms with Gasteiger partial charge in [0.1, 0.15) is 6.10 Å². The highest BCUT2D eigenvalue weighted by atomic mass is 16.3. The third-order valence-electron chi connectivity index (χ3n) is 4.48. The van der Waals surface area contributed by atoms with Gasteiger partial charge in [-0.1, -0.05) is 37.6 Å². The van der Waals surface area contributed by atoms with Gasteiger partial charge in [0.05, 0.1) is 11.4 Å². The first-order valence-corrected chi connectivity index (χ1v) is 7.80. The molecule has 0 radical (unpaired) electrons. The summed E-state index contributed by atoms with van der Waals surface area (Å²) in [5.41, 5.74) is 4.92. The summed E-state index contributed by atoms with van der Waals surface area (Å²) in [6.45, 7) is 3.94. The number of hydrogen-bond acceptors (Lipinski definition) is 3. The molecule has 3 rings (SSSR count). The first kappa shape index (κ1) is 14.2. The van der Waals surface area contributed by atoms with Crippen molar-refractivity contribution < 1.29 is 5.11 Å². The predicted octanol–water partition coefficient (Wildman–Crippen LogP) is 3.70. The van der Waals surface area contributed by atoms with Gasteiger partial charge in [0.25, 0.3) is 0 Å². The second-order valence-corrected chi connectivity index (χ2v) is 5.94. The Labute approximate surface area is 126 Å². The van der Waals surface area contributed by atoms with Gasteiger partial charge in [0.2, 0.25) is 0 Å². The maximum Gasteiger partial charge on any atom is 0.106 e. The van der Waals surface area contributed by atoms with E-state index in [0.29, 0.717) is 0 Å². The minimum atomic E-state index is -0.621. The van der Waals surface area contributed by atoms with E-state index >= 15 is 0 Å². The van der Waals surface area contributed by atoms with Gasteiger partial charge in [-0.15, -0.1) is 0 Å². The number of aryl methyl sites for hydroxylation is 2. The lowest BCUT2D eigenvalue weighted by Crippen LogP contribution is -2.10. The molecular formula is C18H22N2O. The number of aliphatic hydroxyl groups is 1. The highest BCUT2D eigenvalue weighted by Crippen LogP contribution is 2.37. The third kappa shape index (κ3) is 2.84. The summed E-state index contributed by atoms with van der Waals surface area (Å²) >= 11 is 0. The number of aliphatic hydroxyl groups excluding tert-OH is 1. The lowest BCUT2D eigenvalue weighted by Gasteiger charge is -2.26. The van der Waals surface area contributed by atoms with Crippen LogP contribution >= 0.6 is 0 Å². The van der Waals surface area contributed by atoms with Crippen LogP contribution in [0.3, 0.4) is 0 Å². The van der Waals surface area contributed by atoms with Crippen LogP contribution < -0.4 is 0 Å². The standard InChI is InChI=1S/C18H22N2O/c1-3-17-16(11-12(2)19-20-17)18(21)15-9-7-14(8-10-15)13-5-4-6-13/h7-11,13,18,21H,3-6H2,1-2H3. The zero-order valence-corrected chi connectivity index (χ0v) is 12.7. The number of benzene rings is 1. The summed E-state index contributed by atoms with van der Waals surface area (Å²) in [6, 6.07) is 10.4. The van der Waals surface area contributed by atoms with Crippen molar-refractivity contribution in [2.24, 2.45) is 0 Å². The lowest BCUT2D eigenvalue weighted by atomic mass is 9.80. The van der Waals surface area contributed by atoms with Gasteiger partial charge in [-0.25, -0.2) is 0 Å². The normalized spacial score (nSPS) is 16.5. The summed E-state index contributed by atoms with van der Waals surface area (Å²) in [4.78, 5) is 0. The van der Waals surface area contributed by atoms with E-state index in [4.69, 9.17) is 0 Å². The molecule has 2 aromatic rings. The highest BCUT2D eigenvalue weighted by molar-refractivity contribution is 5.35. The van der Waals surface area contributed by atoms with E-state index in [2.05, 4.69) is 22.3 Å². The zero-order chi connectivity index (χ0) is 14.8. The molecule has 0 spiro atoms. The van der Waals surface area contributed by atoms with E-state index in [1.54, 1.807) is 0 Å². The third-order valence-corrected chi connectivity index (χ3v) is 4.48. The molecule has 1 N–H and O–H groups in total. The monoisotopic (exact) mass is 282 g/mol. The van der Waals surface area contributed by atoms with Crippen LogP contribution in [0.15, 0.2) is 30.3 Å². The fraction of sp³-hybridized carbons (Fsp3) is 0.444. The SMILES string of the molecule is CCc1nnc(C)cc1C(O)c1ccc(C2CCC2)cc1. The summed E-state index contributed by atoms with van der Waals surface area (Å²) in [7, 11) is 0. The number of hydrogen-bond donors (Lipinski definition) is 1. The Kier molecular flexibility index (Phi) is 4.02. The van der Waals surface area contributed by atoms with Crippen molar-refractivity contribution >= 4 is 0 Å². The Bertz CT molecular complexity index is 618. The fourth-order valence-electron chi connectivity index (χ4n) is 2.92. The summed E-state index contributed by atoms with van der Waals surface area (Å²) in [5.74, 6) is 0.729. The van der Waals surface area contributed by atoms with Crippen LogP contribution in [0.2, 0.25) is 0 Å². The molecule has 1 aliphatic rings. The molecule has 1 aliphatic carbocycles. The van der Waals surface area contributed by atoms with Crippen molar-refractivity contribution in [3.8, 4) is 0 Å². The Morgan fingerprint density at radius 2 is 1.90 bits per heavy atom. The zero-order valence-electron chi connectivity index (χ0n) is 12.7. The largest absolute Gasteiger partial charge is 0.384 e. The van der Waals surface area contributed by atoms with Crippen LogP contribution in [-0.4, -0.2) is 15.3 Å². The first-order chi connectivity index (χ1) is 10.2. The van der Waals surface area contributed by atoms with Crippen molar-refractivity contribution in [1.82, 2.24) is 10.2 Å². The summed E-state index contributed by atoms with van der Waals surface area (Å²) in [6.07, 6.45) is 4.10. The Morgan fingerprint density at radius 3 is 2.48 bits per heavy atom. The molecule has 1 saturated carbocycles. The van der Waals surface area contributed by atoms with Gasteiger partial charge in [0, 0.05) is 5.56 Å². The van der Waals surface area contributed by atoms with Crippen molar-refractivity contribution in [2.75, 3.05) is 0 Å². The lowest BCUT2D eigenvalue weighted by molar-refractivity contribution is 0.218. The van der Waals surface area contributed by atoms with Crippen LogP contribution in [0.25, 0.3) is 0 Å². The van der Waals surface area contributed by atoms with Crippen molar-refractivity contribution in [3.63, 3.8) is 0 Å². The van der Waals surface area contributed by atoms with E-state index < -0.39 is 6.10 Å². The second-order valence-electron chi connectivity index (χ2n) is 5.94. The van der Waals surface area contributed by atoms with Crippen molar-refractivity contribution in [3.05, 3.63) is 58.4 Å². The van der Waals surface area contributed by atoms with Crippen LogP contribution in [0, 0.1) is 6.92 Å². The Morgan fingerprint density at radius 1 is 1.19 bits per heavy atom. The molecule has 0 bridgehead atoms. The summed E-state index contributed by atoms with van der Waals surface area (Å²) < 4.78 is 0. The molecule has 21 heavy (non-hydrogen) atoms. The van der Waals surface area contributed by atoms with Gasteiger partial charge < -0.3 is 5.11 Å². The first-order valence-electron chi connectivity index (χ1n) is 7.80. The molecule has 110 valence electrons. The van der Waals surface area contributed by atoms with Crippen molar-refractivity contribution in [2.45, 2.75) is 51.6 Å². The van der Waals surface area contributed by atoms with E-state index in [0.717, 1.165) is 34.9 Å². The molecule has 0 saturated heterocycles. The van der Waals surface area contributed by atoms with E-state index in [9.17, 15) is 5.11 Å². The Hall–Kier alpha value is -1.74. The predicted molar refractivity (Wildman–Crippen MR) is 83.2 cm³/mol. The van der Waals surface area contributed by atoms with Gasteiger partial charge in [-0.2, -0.15) is 10.2 Å². The minimum absolute atomic E-state index is 0.621. The summed E-state index contributed by atoms with van der Waals surface area (Å²) in [5, 5.41) is 18.9. The molecule has 1 atom stereocenters. The quantitative estimate of drug-likeness (QED) is 0.930. The molecule has 1 aromatic heterocycles. The number of aromatic nitrogens is 2. The van der Waals surface area contributed by atoms with Crippen LogP contribution in [-0.2, 0) is 6.42 Å². The van der Waals surface area contributed by atoms with Crippen LogP contribution in [0.1, 0.15) is 66.3 Å². The minimum Gasteiger partial charge on any atom is -0.384 e. The molecule has 0 amide bonds. The molecule has 1 heterocycles. The number of nitrogens with zero attached hydrogens (tertiary/aromatic N) is 2. The van der Waals surface area contributed by atoms with Gasteiger partial charge in [-0.3, -0.25) is 0 Å². The number of rotatable bonds is 4. The van der Waals surface area contributed by atoms with E-state index in [-0.39, 0.29) is 0 Å². The molecular weight excluding hydrogens is 260 g/mol.